The van der Waals surface area contributed by atoms with Gasteiger partial charge in [0.05, 0.1) is 23.3 Å². The lowest BCUT2D eigenvalue weighted by molar-refractivity contribution is -0.147. The smallest absolute Gasteiger partial charge is 0.449 e. The average Bonchev–Trinajstić information content (AvgIpc) is 3.43. The van der Waals surface area contributed by atoms with Crippen LogP contribution < -0.4 is 5.32 Å². The molecule has 2 aromatic heterocycles. The third-order valence-corrected chi connectivity index (χ3v) is 5.16. The van der Waals surface area contributed by atoms with Gasteiger partial charge < -0.3 is 14.3 Å². The van der Waals surface area contributed by atoms with E-state index in [1.807, 2.05) is 6.07 Å². The maximum Gasteiger partial charge on any atom is 0.449 e. The van der Waals surface area contributed by atoms with Crippen LogP contribution in [0.4, 0.5) is 13.2 Å². The van der Waals surface area contributed by atoms with Crippen LogP contribution in [0.2, 0.25) is 0 Å². The molecule has 9 heteroatoms. The summed E-state index contributed by atoms with van der Waals surface area (Å²) in [5.41, 5.74) is 0.482. The monoisotopic (exact) mass is 406 g/mol. The Morgan fingerprint density at radius 3 is 2.62 bits per heavy atom. The van der Waals surface area contributed by atoms with Crippen LogP contribution in [-0.2, 0) is 17.5 Å². The van der Waals surface area contributed by atoms with Crippen molar-refractivity contribution in [2.75, 3.05) is 19.6 Å². The topological polar surface area (TPSA) is 63.3 Å². The number of carbonyl (C=O) groups is 1. The zero-order valence-electron chi connectivity index (χ0n) is 15.7. The van der Waals surface area contributed by atoms with E-state index < -0.39 is 24.5 Å². The van der Waals surface area contributed by atoms with Gasteiger partial charge in [0.25, 0.3) is 0 Å². The number of likely N-dealkylation sites (tertiary alicyclic amines) is 1. The molecule has 1 saturated heterocycles. The molecular weight excluding hydrogens is 385 g/mol. The van der Waals surface area contributed by atoms with Crippen molar-refractivity contribution < 1.29 is 22.4 Å². The Morgan fingerprint density at radius 1 is 1.17 bits per heavy atom. The van der Waals surface area contributed by atoms with E-state index in [9.17, 15) is 18.0 Å². The van der Waals surface area contributed by atoms with Gasteiger partial charge in [-0.05, 0) is 50.2 Å². The highest BCUT2D eigenvalue weighted by Gasteiger charge is 2.38. The Morgan fingerprint density at radius 2 is 1.93 bits per heavy atom. The molecule has 0 saturated carbocycles. The number of nitrogens with zero attached hydrogens (tertiary/aromatic N) is 3. The first-order valence-corrected chi connectivity index (χ1v) is 9.50. The molecule has 0 unspecified atom stereocenters. The number of benzene rings is 1. The Kier molecular flexibility index (Phi) is 5.31. The summed E-state index contributed by atoms with van der Waals surface area (Å²) in [5.74, 6) is -0.846. The summed E-state index contributed by atoms with van der Waals surface area (Å²) >= 11 is 0. The normalized spacial score (nSPS) is 16.4. The summed E-state index contributed by atoms with van der Waals surface area (Å²) in [6.07, 6.45) is -0.929. The number of halogens is 3. The molecule has 6 nitrogen and oxygen atoms in total. The predicted octanol–water partition coefficient (Wildman–Crippen LogP) is 3.60. The number of aromatic nitrogens is 2. The number of hydrogen-bond acceptors (Lipinski definition) is 4. The van der Waals surface area contributed by atoms with Gasteiger partial charge in [0.1, 0.15) is 12.3 Å². The molecule has 3 heterocycles. The second-order valence-corrected chi connectivity index (χ2v) is 7.09. The third-order valence-electron chi connectivity index (χ3n) is 5.16. The fourth-order valence-electron chi connectivity index (χ4n) is 3.81. The number of alkyl halides is 3. The molecule has 4 rings (SSSR count). The maximum absolute atomic E-state index is 13.4. The number of rotatable bonds is 6. The Balaban J connectivity index is 1.51. The number of hydrogen-bond donors (Lipinski definition) is 1. The fraction of sp³-hybridized carbons (Fsp3) is 0.400. The first-order valence-electron chi connectivity index (χ1n) is 9.50. The molecule has 1 N–H and O–H groups in total. The van der Waals surface area contributed by atoms with E-state index >= 15 is 0 Å². The van der Waals surface area contributed by atoms with Gasteiger partial charge in [-0.15, -0.1) is 0 Å². The van der Waals surface area contributed by atoms with Crippen LogP contribution in [0.25, 0.3) is 11.0 Å². The zero-order chi connectivity index (χ0) is 20.4. The highest BCUT2D eigenvalue weighted by atomic mass is 19.4. The summed E-state index contributed by atoms with van der Waals surface area (Å²) in [6, 6.07) is 9.76. The van der Waals surface area contributed by atoms with Crippen LogP contribution in [0.15, 0.2) is 47.1 Å². The summed E-state index contributed by atoms with van der Waals surface area (Å²) in [6.45, 7) is 1.60. The number of carbonyl (C=O) groups excluding carboxylic acids is 1. The molecule has 1 aliphatic rings. The fourth-order valence-corrected chi connectivity index (χ4v) is 3.81. The highest BCUT2D eigenvalue weighted by Crippen LogP contribution is 2.31. The Bertz CT molecular complexity index is 975. The SMILES string of the molecule is O=C(Cn1c(C(F)(F)F)nc2ccccc21)NC[C@H](c1ccco1)N1CCCC1. The van der Waals surface area contributed by atoms with Crippen molar-refractivity contribution in [3.8, 4) is 0 Å². The van der Waals surface area contributed by atoms with E-state index in [0.717, 1.165) is 36.3 Å². The number of fused-ring (bicyclic) bond motifs is 1. The summed E-state index contributed by atoms with van der Waals surface area (Å²) in [5, 5.41) is 2.77. The zero-order valence-corrected chi connectivity index (χ0v) is 15.7. The van der Waals surface area contributed by atoms with Gasteiger partial charge in [-0.3, -0.25) is 9.69 Å². The minimum absolute atomic E-state index is 0.141. The van der Waals surface area contributed by atoms with Gasteiger partial charge in [0.2, 0.25) is 11.7 Å². The van der Waals surface area contributed by atoms with Gasteiger partial charge in [0.15, 0.2) is 0 Å². The lowest BCUT2D eigenvalue weighted by Gasteiger charge is -2.26. The maximum atomic E-state index is 13.4. The van der Waals surface area contributed by atoms with Crippen LogP contribution >= 0.6 is 0 Å². The van der Waals surface area contributed by atoms with Crippen molar-refractivity contribution in [3.05, 3.63) is 54.2 Å². The summed E-state index contributed by atoms with van der Waals surface area (Å²) in [4.78, 5) is 18.4. The molecule has 1 aliphatic heterocycles. The first kappa shape index (κ1) is 19.5. The highest BCUT2D eigenvalue weighted by molar-refractivity contribution is 5.81. The molecule has 1 aromatic carbocycles. The number of furan rings is 1. The van der Waals surface area contributed by atoms with Crippen LogP contribution in [0.5, 0.6) is 0 Å². The van der Waals surface area contributed by atoms with Crippen molar-refractivity contribution >= 4 is 16.9 Å². The molecule has 1 atom stereocenters. The van der Waals surface area contributed by atoms with E-state index in [2.05, 4.69) is 15.2 Å². The first-order chi connectivity index (χ1) is 13.9. The average molecular weight is 406 g/mol. The summed E-state index contributed by atoms with van der Waals surface area (Å²) < 4.78 is 46.7. The van der Waals surface area contributed by atoms with Crippen molar-refractivity contribution in [2.45, 2.75) is 31.6 Å². The van der Waals surface area contributed by atoms with E-state index in [4.69, 9.17) is 4.42 Å². The van der Waals surface area contributed by atoms with Crippen molar-refractivity contribution in [1.82, 2.24) is 19.8 Å². The van der Waals surface area contributed by atoms with Crippen molar-refractivity contribution in [3.63, 3.8) is 0 Å². The number of para-hydroxylation sites is 2. The Hall–Kier alpha value is -2.81. The molecular formula is C20H21F3N4O2. The van der Waals surface area contributed by atoms with Gasteiger partial charge in [-0.1, -0.05) is 12.1 Å². The molecule has 29 heavy (non-hydrogen) atoms. The molecule has 1 amide bonds. The van der Waals surface area contributed by atoms with Crippen molar-refractivity contribution in [2.24, 2.45) is 0 Å². The third kappa shape index (κ3) is 4.14. The molecule has 0 aliphatic carbocycles. The number of nitrogens with one attached hydrogen (secondary N) is 1. The lowest BCUT2D eigenvalue weighted by Crippen LogP contribution is -2.38. The van der Waals surface area contributed by atoms with Gasteiger partial charge >= 0.3 is 6.18 Å². The lowest BCUT2D eigenvalue weighted by atomic mass is 10.2. The summed E-state index contributed by atoms with van der Waals surface area (Å²) in [7, 11) is 0. The van der Waals surface area contributed by atoms with E-state index in [1.54, 1.807) is 24.5 Å². The molecule has 0 radical (unpaired) electrons. The molecule has 3 aromatic rings. The minimum Gasteiger partial charge on any atom is -0.468 e. The van der Waals surface area contributed by atoms with Crippen LogP contribution in [0.1, 0.15) is 30.5 Å². The van der Waals surface area contributed by atoms with E-state index in [-0.39, 0.29) is 23.6 Å². The predicted molar refractivity (Wildman–Crippen MR) is 100 cm³/mol. The number of imidazole rings is 1. The standard InChI is InChI=1S/C20H21F3N4O2/c21-20(22,23)19-25-14-6-1-2-7-15(14)27(19)13-18(28)24-12-16(17-8-5-11-29-17)26-9-3-4-10-26/h1-2,5-8,11,16H,3-4,9-10,12-13H2,(H,24,28)/t16-/m1/s1. The van der Waals surface area contributed by atoms with Gasteiger partial charge in [-0.25, -0.2) is 4.98 Å². The van der Waals surface area contributed by atoms with E-state index in [1.165, 1.54) is 12.1 Å². The van der Waals surface area contributed by atoms with Crippen LogP contribution in [0.3, 0.4) is 0 Å². The molecule has 0 bridgehead atoms. The number of amides is 1. The van der Waals surface area contributed by atoms with Crippen molar-refractivity contribution in [1.29, 1.82) is 0 Å². The van der Waals surface area contributed by atoms with Gasteiger partial charge in [0, 0.05) is 6.54 Å². The van der Waals surface area contributed by atoms with Gasteiger partial charge in [-0.2, -0.15) is 13.2 Å². The van der Waals surface area contributed by atoms with Crippen LogP contribution in [0, 0.1) is 0 Å². The second-order valence-electron chi connectivity index (χ2n) is 7.09. The van der Waals surface area contributed by atoms with Crippen LogP contribution in [-0.4, -0.2) is 40.0 Å². The molecule has 0 spiro atoms. The quantitative estimate of drug-likeness (QED) is 0.680. The second kappa shape index (κ2) is 7.90. The molecule has 1 fully saturated rings. The van der Waals surface area contributed by atoms with E-state index in [0.29, 0.717) is 0 Å². The largest absolute Gasteiger partial charge is 0.468 e. The Labute approximate surface area is 165 Å². The minimum atomic E-state index is -4.65. The molecule has 154 valence electrons.